The Morgan fingerprint density at radius 2 is 2.08 bits per heavy atom. The lowest BCUT2D eigenvalue weighted by atomic mass is 10.1. The number of H-pyrrole nitrogens is 1. The van der Waals surface area contributed by atoms with Crippen molar-refractivity contribution in [2.45, 2.75) is 32.9 Å². The van der Waals surface area contributed by atoms with Crippen LogP contribution < -0.4 is 5.32 Å². The largest absolute Gasteiger partial charge is 0.364 e. The number of benzene rings is 1. The first-order valence-electron chi connectivity index (χ1n) is 8.54. The maximum atomic E-state index is 4.53. The van der Waals surface area contributed by atoms with Crippen LogP contribution in [0.1, 0.15) is 23.2 Å². The first kappa shape index (κ1) is 15.1. The maximum absolute atomic E-state index is 4.53. The normalized spacial score (nSPS) is 18.3. The van der Waals surface area contributed by atoms with Gasteiger partial charge in [-0.1, -0.05) is 30.3 Å². The second kappa shape index (κ2) is 6.24. The van der Waals surface area contributed by atoms with Crippen molar-refractivity contribution < 1.29 is 0 Å². The predicted molar refractivity (Wildman–Crippen MR) is 97.1 cm³/mol. The zero-order chi connectivity index (χ0) is 16.5. The van der Waals surface area contributed by atoms with Crippen molar-refractivity contribution in [1.82, 2.24) is 20.1 Å². The van der Waals surface area contributed by atoms with Crippen LogP contribution in [-0.4, -0.2) is 39.2 Å². The van der Waals surface area contributed by atoms with Gasteiger partial charge in [0.25, 0.3) is 0 Å². The quantitative estimate of drug-likeness (QED) is 0.774. The molecule has 1 saturated heterocycles. The van der Waals surface area contributed by atoms with Gasteiger partial charge in [-0.2, -0.15) is 5.10 Å². The van der Waals surface area contributed by atoms with Crippen LogP contribution in [-0.2, 0) is 6.54 Å². The van der Waals surface area contributed by atoms with Crippen LogP contribution in [0.25, 0.3) is 11.0 Å². The number of likely N-dealkylation sites (tertiary alicyclic amines) is 1. The third-order valence-electron chi connectivity index (χ3n) is 4.72. The first-order valence-corrected chi connectivity index (χ1v) is 8.54. The molecule has 0 amide bonds. The number of hydrogen-bond donors (Lipinski definition) is 2. The molecular weight excluding hydrogens is 298 g/mol. The van der Waals surface area contributed by atoms with Crippen LogP contribution in [0.5, 0.6) is 0 Å². The maximum Gasteiger partial charge on any atom is 0.157 e. The van der Waals surface area contributed by atoms with E-state index in [4.69, 9.17) is 0 Å². The lowest BCUT2D eigenvalue weighted by molar-refractivity contribution is 0.328. The highest BCUT2D eigenvalue weighted by atomic mass is 15.2. The van der Waals surface area contributed by atoms with E-state index >= 15 is 0 Å². The van der Waals surface area contributed by atoms with E-state index in [1.165, 1.54) is 11.1 Å². The monoisotopic (exact) mass is 321 g/mol. The first-order chi connectivity index (χ1) is 11.7. The average molecular weight is 321 g/mol. The fraction of sp³-hybridized carbons (Fsp3) is 0.368. The van der Waals surface area contributed by atoms with E-state index < -0.39 is 0 Å². The van der Waals surface area contributed by atoms with Crippen LogP contribution >= 0.6 is 0 Å². The smallest absolute Gasteiger partial charge is 0.157 e. The topological polar surface area (TPSA) is 56.8 Å². The summed E-state index contributed by atoms with van der Waals surface area (Å²) in [6, 6.07) is 13.2. The van der Waals surface area contributed by atoms with E-state index in [-0.39, 0.29) is 0 Å². The van der Waals surface area contributed by atoms with Crippen LogP contribution in [0, 0.1) is 13.8 Å². The van der Waals surface area contributed by atoms with E-state index in [1.54, 1.807) is 0 Å². The molecule has 0 unspecified atom stereocenters. The molecule has 24 heavy (non-hydrogen) atoms. The molecule has 2 aromatic heterocycles. The summed E-state index contributed by atoms with van der Waals surface area (Å²) in [5.74, 6) is 0.932. The average Bonchev–Trinajstić information content (AvgIpc) is 3.16. The molecule has 2 N–H and O–H groups in total. The van der Waals surface area contributed by atoms with Gasteiger partial charge >= 0.3 is 0 Å². The molecule has 1 fully saturated rings. The van der Waals surface area contributed by atoms with Crippen molar-refractivity contribution in [3.8, 4) is 0 Å². The molecule has 4 rings (SSSR count). The number of aromatic nitrogens is 3. The van der Waals surface area contributed by atoms with Crippen LogP contribution in [0.15, 0.2) is 36.4 Å². The van der Waals surface area contributed by atoms with Gasteiger partial charge in [0.15, 0.2) is 11.5 Å². The summed E-state index contributed by atoms with van der Waals surface area (Å²) in [7, 11) is 0. The molecule has 3 aromatic rings. The highest BCUT2D eigenvalue weighted by Crippen LogP contribution is 2.26. The summed E-state index contributed by atoms with van der Waals surface area (Å²) in [5, 5.41) is 12.2. The fourth-order valence-corrected chi connectivity index (χ4v) is 3.61. The van der Waals surface area contributed by atoms with Crippen molar-refractivity contribution in [2.75, 3.05) is 18.4 Å². The Labute approximate surface area is 142 Å². The van der Waals surface area contributed by atoms with Crippen molar-refractivity contribution in [3.63, 3.8) is 0 Å². The van der Waals surface area contributed by atoms with Crippen LogP contribution in [0.2, 0.25) is 0 Å². The molecule has 0 bridgehead atoms. The third-order valence-corrected chi connectivity index (χ3v) is 4.72. The Hall–Kier alpha value is -2.40. The van der Waals surface area contributed by atoms with Gasteiger partial charge in [-0.3, -0.25) is 10.00 Å². The van der Waals surface area contributed by atoms with Gasteiger partial charge in [-0.15, -0.1) is 0 Å². The summed E-state index contributed by atoms with van der Waals surface area (Å²) in [4.78, 5) is 7.03. The lowest BCUT2D eigenvalue weighted by Crippen LogP contribution is -2.26. The molecule has 5 nitrogen and oxygen atoms in total. The van der Waals surface area contributed by atoms with Gasteiger partial charge in [0, 0.05) is 31.4 Å². The number of pyridine rings is 1. The number of nitrogens with zero attached hydrogens (tertiary/aromatic N) is 3. The van der Waals surface area contributed by atoms with E-state index in [1.807, 2.05) is 6.92 Å². The molecule has 3 heterocycles. The Kier molecular flexibility index (Phi) is 3.94. The molecule has 1 aliphatic heterocycles. The lowest BCUT2D eigenvalue weighted by Gasteiger charge is -2.17. The highest BCUT2D eigenvalue weighted by Gasteiger charge is 2.24. The van der Waals surface area contributed by atoms with E-state index in [0.717, 1.165) is 48.6 Å². The van der Waals surface area contributed by atoms with Crippen molar-refractivity contribution in [2.24, 2.45) is 0 Å². The van der Waals surface area contributed by atoms with Gasteiger partial charge in [0.05, 0.1) is 5.39 Å². The SMILES string of the molecule is Cc1cc(C)c2c(N[C@@H]3CCN(Cc4ccccc4)C3)n[nH]c2n1. The van der Waals surface area contributed by atoms with Crippen molar-refractivity contribution in [3.05, 3.63) is 53.2 Å². The molecule has 0 radical (unpaired) electrons. The Morgan fingerprint density at radius 3 is 2.92 bits per heavy atom. The molecule has 1 aromatic carbocycles. The Bertz CT molecular complexity index is 840. The number of anilines is 1. The third kappa shape index (κ3) is 2.99. The zero-order valence-electron chi connectivity index (χ0n) is 14.2. The molecule has 0 aliphatic carbocycles. The van der Waals surface area contributed by atoms with Gasteiger partial charge < -0.3 is 5.32 Å². The summed E-state index contributed by atoms with van der Waals surface area (Å²) in [6.07, 6.45) is 1.14. The molecule has 1 aliphatic rings. The van der Waals surface area contributed by atoms with Crippen molar-refractivity contribution >= 4 is 16.9 Å². The Balaban J connectivity index is 1.45. The number of aromatic amines is 1. The highest BCUT2D eigenvalue weighted by molar-refractivity contribution is 5.90. The molecular formula is C19H23N5. The second-order valence-electron chi connectivity index (χ2n) is 6.73. The number of nitrogens with one attached hydrogen (secondary N) is 2. The summed E-state index contributed by atoms with van der Waals surface area (Å²) >= 11 is 0. The minimum atomic E-state index is 0.431. The van der Waals surface area contributed by atoms with E-state index in [9.17, 15) is 0 Å². The summed E-state index contributed by atoms with van der Waals surface area (Å²) < 4.78 is 0. The zero-order valence-corrected chi connectivity index (χ0v) is 14.2. The molecule has 1 atom stereocenters. The van der Waals surface area contributed by atoms with Crippen LogP contribution in [0.4, 0.5) is 5.82 Å². The minimum absolute atomic E-state index is 0.431. The summed E-state index contributed by atoms with van der Waals surface area (Å²) in [5.41, 5.74) is 4.48. The van der Waals surface area contributed by atoms with Gasteiger partial charge in [-0.05, 0) is 37.5 Å². The number of aryl methyl sites for hydroxylation is 2. The molecule has 0 saturated carbocycles. The molecule has 124 valence electrons. The number of hydrogen-bond acceptors (Lipinski definition) is 4. The van der Waals surface area contributed by atoms with E-state index in [0.29, 0.717) is 6.04 Å². The van der Waals surface area contributed by atoms with Gasteiger partial charge in [0.2, 0.25) is 0 Å². The van der Waals surface area contributed by atoms with Crippen molar-refractivity contribution in [1.29, 1.82) is 0 Å². The Morgan fingerprint density at radius 1 is 1.25 bits per heavy atom. The number of rotatable bonds is 4. The molecule has 5 heteroatoms. The summed E-state index contributed by atoms with van der Waals surface area (Å²) in [6.45, 7) is 7.31. The molecule has 0 spiro atoms. The number of fused-ring (bicyclic) bond motifs is 1. The second-order valence-corrected chi connectivity index (χ2v) is 6.73. The predicted octanol–water partition coefficient (Wildman–Crippen LogP) is 3.26. The van der Waals surface area contributed by atoms with Crippen LogP contribution in [0.3, 0.4) is 0 Å². The fourth-order valence-electron chi connectivity index (χ4n) is 3.61. The van der Waals surface area contributed by atoms with Gasteiger partial charge in [0.1, 0.15) is 0 Å². The van der Waals surface area contributed by atoms with E-state index in [2.05, 4.69) is 68.7 Å². The minimum Gasteiger partial charge on any atom is -0.364 e. The van der Waals surface area contributed by atoms with Gasteiger partial charge in [-0.25, -0.2) is 4.98 Å². The standard InChI is InChI=1S/C19H23N5/c1-13-10-14(2)20-18-17(13)19(23-22-18)21-16-8-9-24(12-16)11-15-6-4-3-5-7-15/h3-7,10,16H,8-9,11-12H2,1-2H3,(H2,20,21,22,23)/t16-/m1/s1.